The van der Waals surface area contributed by atoms with Crippen LogP contribution in [-0.2, 0) is 21.5 Å². The van der Waals surface area contributed by atoms with E-state index in [1.165, 1.54) is 12.1 Å². The van der Waals surface area contributed by atoms with Gasteiger partial charge in [-0.15, -0.1) is 11.8 Å². The summed E-state index contributed by atoms with van der Waals surface area (Å²) in [5.74, 6) is -0.385. The fourth-order valence-electron chi connectivity index (χ4n) is 1.60. The number of esters is 1. The number of nitrogens with two attached hydrogens (primary N) is 1. The number of hydrogen-bond acceptors (Lipinski definition) is 4. The van der Waals surface area contributed by atoms with E-state index >= 15 is 0 Å². The Morgan fingerprint density at radius 3 is 2.43 bits per heavy atom. The van der Waals surface area contributed by atoms with Gasteiger partial charge in [0.15, 0.2) is 0 Å². The van der Waals surface area contributed by atoms with Crippen molar-refractivity contribution in [3.8, 4) is 0 Å². The van der Waals surface area contributed by atoms with Gasteiger partial charge in [0.1, 0.15) is 5.60 Å². The van der Waals surface area contributed by atoms with Crippen LogP contribution in [0.2, 0.25) is 0 Å². The molecule has 1 aromatic rings. The molecule has 0 unspecified atom stereocenters. The van der Waals surface area contributed by atoms with Crippen LogP contribution in [0.4, 0.5) is 18.9 Å². The number of carbonyl (C=O) groups excluding carboxylic acids is 1. The van der Waals surface area contributed by atoms with Gasteiger partial charge in [0.05, 0.1) is 11.3 Å². The largest absolute Gasteiger partial charge is 0.459 e. The summed E-state index contributed by atoms with van der Waals surface area (Å²) in [5, 5.41) is 0. The molecule has 0 amide bonds. The van der Waals surface area contributed by atoms with E-state index in [0.29, 0.717) is 0 Å². The van der Waals surface area contributed by atoms with Crippen LogP contribution >= 0.6 is 11.8 Å². The van der Waals surface area contributed by atoms with Gasteiger partial charge in [0, 0.05) is 11.4 Å². The predicted molar refractivity (Wildman–Crippen MR) is 77.9 cm³/mol. The van der Waals surface area contributed by atoms with Gasteiger partial charge in [-0.2, -0.15) is 13.2 Å². The average molecular weight is 321 g/mol. The summed E-state index contributed by atoms with van der Waals surface area (Å²) in [4.78, 5) is 11.5. The third kappa shape index (κ3) is 6.29. The van der Waals surface area contributed by atoms with Crippen molar-refractivity contribution in [2.45, 2.75) is 38.3 Å². The molecule has 0 bridgehead atoms. The lowest BCUT2D eigenvalue weighted by Crippen LogP contribution is -2.25. The molecule has 0 aromatic heterocycles. The van der Waals surface area contributed by atoms with Crippen molar-refractivity contribution < 1.29 is 22.7 Å². The minimum absolute atomic E-state index is 0.00105. The Hall–Kier alpha value is -1.37. The number of alkyl halides is 3. The Morgan fingerprint density at radius 2 is 1.90 bits per heavy atom. The molecule has 7 heteroatoms. The van der Waals surface area contributed by atoms with Crippen LogP contribution in [0.5, 0.6) is 0 Å². The summed E-state index contributed by atoms with van der Waals surface area (Å²) >= 11 is 1.08. The zero-order valence-corrected chi connectivity index (χ0v) is 12.9. The molecule has 118 valence electrons. The molecular weight excluding hydrogens is 303 g/mol. The summed E-state index contributed by atoms with van der Waals surface area (Å²) in [6.45, 7) is 5.20. The average Bonchev–Trinajstić information content (AvgIpc) is 2.27. The van der Waals surface area contributed by atoms with Crippen LogP contribution in [-0.4, -0.2) is 17.3 Å². The quantitative estimate of drug-likeness (QED) is 0.676. The summed E-state index contributed by atoms with van der Waals surface area (Å²) in [6.07, 6.45) is -4.46. The molecule has 0 aliphatic carbocycles. The molecule has 3 nitrogen and oxygen atoms in total. The SMILES string of the molecule is CC(C)(C)OC(=O)CSCc1ccc(N)cc1C(F)(F)F. The Kier molecular flexibility index (Phi) is 5.55. The van der Waals surface area contributed by atoms with E-state index in [4.69, 9.17) is 10.5 Å². The maximum Gasteiger partial charge on any atom is 0.416 e. The lowest BCUT2D eigenvalue weighted by Gasteiger charge is -2.19. The Labute approximate surface area is 126 Å². The predicted octanol–water partition coefficient (Wildman–Crippen LogP) is 3.86. The highest BCUT2D eigenvalue weighted by Crippen LogP contribution is 2.34. The first-order valence-electron chi connectivity index (χ1n) is 6.24. The van der Waals surface area contributed by atoms with E-state index in [-0.39, 0.29) is 22.8 Å². The third-order valence-electron chi connectivity index (χ3n) is 2.34. The van der Waals surface area contributed by atoms with Gasteiger partial charge >= 0.3 is 12.1 Å². The monoisotopic (exact) mass is 321 g/mol. The highest BCUT2D eigenvalue weighted by molar-refractivity contribution is 7.99. The first kappa shape index (κ1) is 17.7. The zero-order valence-electron chi connectivity index (χ0n) is 12.1. The zero-order chi connectivity index (χ0) is 16.3. The second-order valence-corrected chi connectivity index (χ2v) is 6.48. The number of nitrogen functional groups attached to an aromatic ring is 1. The molecule has 0 spiro atoms. The molecule has 0 aliphatic rings. The first-order chi connectivity index (χ1) is 9.49. The fraction of sp³-hybridized carbons (Fsp3) is 0.500. The number of anilines is 1. The third-order valence-corrected chi connectivity index (χ3v) is 3.29. The topological polar surface area (TPSA) is 52.3 Å². The number of hydrogen-bond donors (Lipinski definition) is 1. The minimum Gasteiger partial charge on any atom is -0.459 e. The molecule has 0 atom stereocenters. The molecule has 0 saturated heterocycles. The van der Waals surface area contributed by atoms with Crippen molar-refractivity contribution in [2.24, 2.45) is 0 Å². The van der Waals surface area contributed by atoms with E-state index < -0.39 is 23.3 Å². The van der Waals surface area contributed by atoms with Gasteiger partial charge in [-0.05, 0) is 38.5 Å². The molecule has 0 radical (unpaired) electrons. The smallest absolute Gasteiger partial charge is 0.416 e. The van der Waals surface area contributed by atoms with Crippen molar-refractivity contribution in [3.05, 3.63) is 29.3 Å². The highest BCUT2D eigenvalue weighted by atomic mass is 32.2. The van der Waals surface area contributed by atoms with Crippen molar-refractivity contribution >= 4 is 23.4 Å². The number of carbonyl (C=O) groups is 1. The second kappa shape index (κ2) is 6.60. The molecule has 1 rings (SSSR count). The summed E-state index contributed by atoms with van der Waals surface area (Å²) in [7, 11) is 0. The van der Waals surface area contributed by atoms with E-state index in [2.05, 4.69) is 0 Å². The normalized spacial score (nSPS) is 12.3. The van der Waals surface area contributed by atoms with E-state index in [1.807, 2.05) is 0 Å². The Morgan fingerprint density at radius 1 is 1.29 bits per heavy atom. The lowest BCUT2D eigenvalue weighted by molar-refractivity contribution is -0.151. The fourth-order valence-corrected chi connectivity index (χ4v) is 2.40. The summed E-state index contributed by atoms with van der Waals surface area (Å²) < 4.78 is 43.7. The van der Waals surface area contributed by atoms with Gasteiger partial charge in [-0.25, -0.2) is 0 Å². The number of ether oxygens (including phenoxy) is 1. The van der Waals surface area contributed by atoms with Crippen molar-refractivity contribution in [1.29, 1.82) is 0 Å². The molecular formula is C14H18F3NO2S. The van der Waals surface area contributed by atoms with Crippen LogP contribution in [0.25, 0.3) is 0 Å². The Balaban J connectivity index is 2.66. The first-order valence-corrected chi connectivity index (χ1v) is 7.40. The molecule has 0 fully saturated rings. The lowest BCUT2D eigenvalue weighted by atomic mass is 10.1. The van der Waals surface area contributed by atoms with Crippen LogP contribution < -0.4 is 5.73 Å². The number of benzene rings is 1. The van der Waals surface area contributed by atoms with Crippen molar-refractivity contribution in [1.82, 2.24) is 0 Å². The molecule has 21 heavy (non-hydrogen) atoms. The van der Waals surface area contributed by atoms with Crippen LogP contribution in [0.15, 0.2) is 18.2 Å². The van der Waals surface area contributed by atoms with E-state index in [0.717, 1.165) is 17.8 Å². The summed E-state index contributed by atoms with van der Waals surface area (Å²) in [5.41, 5.74) is 4.18. The Bertz CT molecular complexity index is 510. The highest BCUT2D eigenvalue weighted by Gasteiger charge is 2.33. The maximum atomic E-state index is 12.9. The van der Waals surface area contributed by atoms with Gasteiger partial charge < -0.3 is 10.5 Å². The van der Waals surface area contributed by atoms with Gasteiger partial charge in [-0.3, -0.25) is 4.79 Å². The number of rotatable bonds is 4. The van der Waals surface area contributed by atoms with E-state index in [1.54, 1.807) is 20.8 Å². The molecule has 2 N–H and O–H groups in total. The number of thioether (sulfide) groups is 1. The van der Waals surface area contributed by atoms with E-state index in [9.17, 15) is 18.0 Å². The van der Waals surface area contributed by atoms with Gasteiger partial charge in [0.25, 0.3) is 0 Å². The van der Waals surface area contributed by atoms with Crippen LogP contribution in [0.3, 0.4) is 0 Å². The summed E-state index contributed by atoms with van der Waals surface area (Å²) in [6, 6.07) is 3.65. The van der Waals surface area contributed by atoms with Crippen molar-refractivity contribution in [2.75, 3.05) is 11.5 Å². The molecule has 1 aromatic carbocycles. The van der Waals surface area contributed by atoms with Crippen molar-refractivity contribution in [3.63, 3.8) is 0 Å². The van der Waals surface area contributed by atoms with Gasteiger partial charge in [0.2, 0.25) is 0 Å². The molecule has 0 aliphatic heterocycles. The number of halogens is 3. The molecule has 0 heterocycles. The maximum absolute atomic E-state index is 12.9. The second-order valence-electron chi connectivity index (χ2n) is 5.49. The van der Waals surface area contributed by atoms with Gasteiger partial charge in [-0.1, -0.05) is 6.07 Å². The molecule has 0 saturated carbocycles. The standard InChI is InChI=1S/C14H18F3NO2S/c1-13(2,3)20-12(19)8-21-7-9-4-5-10(18)6-11(9)14(15,16)17/h4-6H,7-8,18H2,1-3H3. The van der Waals surface area contributed by atoms with Crippen LogP contribution in [0, 0.1) is 0 Å². The van der Waals surface area contributed by atoms with Crippen LogP contribution in [0.1, 0.15) is 31.9 Å². The minimum atomic E-state index is -4.46.